The lowest BCUT2D eigenvalue weighted by Crippen LogP contribution is -2.24. The molecule has 19 heavy (non-hydrogen) atoms. The zero-order valence-corrected chi connectivity index (χ0v) is 12.6. The van der Waals surface area contributed by atoms with Gasteiger partial charge in [0.15, 0.2) is 0 Å². The van der Waals surface area contributed by atoms with Crippen LogP contribution in [0, 0.1) is 18.8 Å². The average molecular weight is 275 g/mol. The molecule has 0 aliphatic carbocycles. The number of rotatable bonds is 5. The van der Waals surface area contributed by atoms with Gasteiger partial charge < -0.3 is 11.1 Å². The van der Waals surface area contributed by atoms with Crippen LogP contribution in [0.15, 0.2) is 29.3 Å². The molecule has 1 aromatic rings. The molecular weight excluding hydrogens is 254 g/mol. The van der Waals surface area contributed by atoms with Crippen molar-refractivity contribution in [2.24, 2.45) is 5.73 Å². The summed E-state index contributed by atoms with van der Waals surface area (Å²) in [4.78, 5) is 4.29. The van der Waals surface area contributed by atoms with Crippen LogP contribution in [0.25, 0.3) is 0 Å². The van der Waals surface area contributed by atoms with Crippen LogP contribution in [0.2, 0.25) is 0 Å². The summed E-state index contributed by atoms with van der Waals surface area (Å²) in [6.07, 6.45) is 6.61. The Kier molecular flexibility index (Phi) is 6.94. The van der Waals surface area contributed by atoms with E-state index in [1.54, 1.807) is 11.3 Å². The first-order valence-corrected chi connectivity index (χ1v) is 7.29. The van der Waals surface area contributed by atoms with Crippen LogP contribution in [0.5, 0.6) is 0 Å². The molecule has 0 fully saturated rings. The standard InChI is InChI=1S/C15H21N3S/c1-4-12(2)17-9-5-6-14(10-16)7-8-15-11-19-13(3)18-15/h5-6,10-12,17H,4,9,16H2,1-3H3/b6-5-,14-10+. The Hall–Kier alpha value is -1.57. The van der Waals surface area contributed by atoms with Gasteiger partial charge in [0.1, 0.15) is 5.69 Å². The molecule has 0 aromatic carbocycles. The van der Waals surface area contributed by atoms with E-state index in [0.29, 0.717) is 6.04 Å². The van der Waals surface area contributed by atoms with E-state index < -0.39 is 0 Å². The van der Waals surface area contributed by atoms with E-state index in [9.17, 15) is 0 Å². The quantitative estimate of drug-likeness (QED) is 0.641. The van der Waals surface area contributed by atoms with Gasteiger partial charge in [-0.25, -0.2) is 4.98 Å². The molecule has 1 atom stereocenters. The highest BCUT2D eigenvalue weighted by atomic mass is 32.1. The van der Waals surface area contributed by atoms with Crippen LogP contribution in [0.4, 0.5) is 0 Å². The third-order valence-electron chi connectivity index (χ3n) is 2.63. The maximum Gasteiger partial charge on any atom is 0.124 e. The molecule has 1 unspecified atom stereocenters. The van der Waals surface area contributed by atoms with Crippen LogP contribution < -0.4 is 11.1 Å². The molecular formula is C15H21N3S. The zero-order valence-electron chi connectivity index (χ0n) is 11.7. The van der Waals surface area contributed by atoms with Gasteiger partial charge in [-0.1, -0.05) is 18.9 Å². The average Bonchev–Trinajstić information content (AvgIpc) is 2.83. The summed E-state index contributed by atoms with van der Waals surface area (Å²) in [6, 6.07) is 0.527. The van der Waals surface area contributed by atoms with Crippen molar-refractivity contribution in [1.82, 2.24) is 10.3 Å². The minimum absolute atomic E-state index is 0.527. The molecule has 1 aromatic heterocycles. The normalized spacial score (nSPS) is 13.3. The second-order valence-electron chi connectivity index (χ2n) is 4.24. The molecule has 3 nitrogen and oxygen atoms in total. The van der Waals surface area contributed by atoms with E-state index in [-0.39, 0.29) is 0 Å². The van der Waals surface area contributed by atoms with Crippen LogP contribution >= 0.6 is 11.3 Å². The molecule has 0 bridgehead atoms. The molecule has 1 rings (SSSR count). The van der Waals surface area contributed by atoms with E-state index in [4.69, 9.17) is 5.73 Å². The first-order valence-electron chi connectivity index (χ1n) is 6.41. The van der Waals surface area contributed by atoms with Crippen molar-refractivity contribution in [3.05, 3.63) is 40.0 Å². The van der Waals surface area contributed by atoms with Crippen molar-refractivity contribution in [2.45, 2.75) is 33.2 Å². The summed E-state index contributed by atoms with van der Waals surface area (Å²) < 4.78 is 0. The second-order valence-corrected chi connectivity index (χ2v) is 5.31. The van der Waals surface area contributed by atoms with Gasteiger partial charge in [0.05, 0.1) is 5.01 Å². The maximum atomic E-state index is 5.56. The molecule has 0 aliphatic heterocycles. The highest BCUT2D eigenvalue weighted by Crippen LogP contribution is 2.06. The van der Waals surface area contributed by atoms with Gasteiger partial charge in [-0.3, -0.25) is 0 Å². The minimum atomic E-state index is 0.527. The van der Waals surface area contributed by atoms with Gasteiger partial charge in [0.2, 0.25) is 0 Å². The Morgan fingerprint density at radius 1 is 1.63 bits per heavy atom. The first-order chi connectivity index (χ1) is 9.15. The topological polar surface area (TPSA) is 50.9 Å². The van der Waals surface area contributed by atoms with Gasteiger partial charge >= 0.3 is 0 Å². The van der Waals surface area contributed by atoms with Gasteiger partial charge in [-0.05, 0) is 32.3 Å². The van der Waals surface area contributed by atoms with E-state index in [2.05, 4.69) is 36.0 Å². The zero-order chi connectivity index (χ0) is 14.1. The SMILES string of the molecule is CCC(C)NC/C=C\C(C#Cc1csc(C)n1)=C/N. The van der Waals surface area contributed by atoms with Gasteiger partial charge in [0, 0.05) is 29.7 Å². The maximum absolute atomic E-state index is 5.56. The highest BCUT2D eigenvalue weighted by Gasteiger charge is 1.94. The molecule has 0 radical (unpaired) electrons. The smallest absolute Gasteiger partial charge is 0.124 e. The lowest BCUT2D eigenvalue weighted by Gasteiger charge is -2.07. The third-order valence-corrected chi connectivity index (χ3v) is 3.40. The Morgan fingerprint density at radius 2 is 2.42 bits per heavy atom. The van der Waals surface area contributed by atoms with Crippen LogP contribution in [-0.4, -0.2) is 17.6 Å². The fourth-order valence-electron chi connectivity index (χ4n) is 1.30. The lowest BCUT2D eigenvalue weighted by molar-refractivity contribution is 0.567. The van der Waals surface area contributed by atoms with E-state index >= 15 is 0 Å². The Morgan fingerprint density at radius 3 is 3.00 bits per heavy atom. The molecule has 4 heteroatoms. The predicted molar refractivity (Wildman–Crippen MR) is 82.9 cm³/mol. The number of hydrogen-bond donors (Lipinski definition) is 2. The number of allylic oxidation sites excluding steroid dienone is 2. The summed E-state index contributed by atoms with van der Waals surface area (Å²) in [7, 11) is 0. The molecule has 102 valence electrons. The minimum Gasteiger partial charge on any atom is -0.404 e. The third kappa shape index (κ3) is 6.23. The molecule has 0 saturated carbocycles. The van der Waals surface area contributed by atoms with Gasteiger partial charge in [-0.15, -0.1) is 11.3 Å². The van der Waals surface area contributed by atoms with E-state index in [1.165, 1.54) is 6.20 Å². The van der Waals surface area contributed by atoms with Crippen LogP contribution in [0.3, 0.4) is 0 Å². The number of hydrogen-bond acceptors (Lipinski definition) is 4. The number of nitrogens with two attached hydrogens (primary N) is 1. The first kappa shape index (κ1) is 15.5. The summed E-state index contributed by atoms with van der Waals surface area (Å²) in [5.41, 5.74) is 7.16. The number of aromatic nitrogens is 1. The van der Waals surface area contributed by atoms with Crippen molar-refractivity contribution < 1.29 is 0 Å². The summed E-state index contributed by atoms with van der Waals surface area (Å²) in [5, 5.41) is 6.35. The van der Waals surface area contributed by atoms with Crippen molar-refractivity contribution in [2.75, 3.05) is 6.54 Å². The lowest BCUT2D eigenvalue weighted by atomic mass is 10.2. The summed E-state index contributed by atoms with van der Waals surface area (Å²) >= 11 is 1.60. The molecule has 0 aliphatic rings. The number of thiazole rings is 1. The summed E-state index contributed by atoms with van der Waals surface area (Å²) in [6.45, 7) is 7.12. The van der Waals surface area contributed by atoms with Crippen molar-refractivity contribution in [3.63, 3.8) is 0 Å². The molecule has 0 amide bonds. The largest absolute Gasteiger partial charge is 0.404 e. The van der Waals surface area contributed by atoms with Crippen LogP contribution in [0.1, 0.15) is 31.0 Å². The highest BCUT2D eigenvalue weighted by molar-refractivity contribution is 7.09. The van der Waals surface area contributed by atoms with Crippen molar-refractivity contribution in [3.8, 4) is 11.8 Å². The molecule has 0 spiro atoms. The number of nitrogens with one attached hydrogen (secondary N) is 1. The van der Waals surface area contributed by atoms with Crippen LogP contribution in [-0.2, 0) is 0 Å². The van der Waals surface area contributed by atoms with E-state index in [1.807, 2.05) is 24.5 Å². The molecule has 1 heterocycles. The predicted octanol–water partition coefficient (Wildman–Crippen LogP) is 2.59. The Bertz CT molecular complexity index is 503. The molecule has 3 N–H and O–H groups in total. The molecule has 0 saturated heterocycles. The number of aryl methyl sites for hydroxylation is 1. The second kappa shape index (κ2) is 8.52. The van der Waals surface area contributed by atoms with E-state index in [0.717, 1.165) is 29.2 Å². The Balaban J connectivity index is 2.51. The fourth-order valence-corrected chi connectivity index (χ4v) is 1.84. The van der Waals surface area contributed by atoms with Crippen molar-refractivity contribution >= 4 is 11.3 Å². The summed E-state index contributed by atoms with van der Waals surface area (Å²) in [5.74, 6) is 6.02. The van der Waals surface area contributed by atoms with Gasteiger partial charge in [0.25, 0.3) is 0 Å². The number of nitrogens with zero attached hydrogens (tertiary/aromatic N) is 1. The Labute approximate surface area is 119 Å². The monoisotopic (exact) mass is 275 g/mol. The fraction of sp³-hybridized carbons (Fsp3) is 0.400. The van der Waals surface area contributed by atoms with Gasteiger partial charge in [-0.2, -0.15) is 0 Å². The van der Waals surface area contributed by atoms with Crippen molar-refractivity contribution in [1.29, 1.82) is 0 Å².